The van der Waals surface area contributed by atoms with Crippen LogP contribution in [0, 0.1) is 0 Å². The zero-order chi connectivity index (χ0) is 22.7. The summed E-state index contributed by atoms with van der Waals surface area (Å²) in [6.45, 7) is 0.389. The fourth-order valence-corrected chi connectivity index (χ4v) is 3.88. The minimum Gasteiger partial charge on any atom is -0.493 e. The molecule has 5 nitrogen and oxygen atoms in total. The molecule has 3 aromatic carbocycles. The van der Waals surface area contributed by atoms with Gasteiger partial charge in [-0.25, -0.2) is 9.79 Å². The Hall–Kier alpha value is -2.80. The summed E-state index contributed by atoms with van der Waals surface area (Å²) in [7, 11) is 1.55. The van der Waals surface area contributed by atoms with Crippen LogP contribution in [0.1, 0.15) is 16.7 Å². The van der Waals surface area contributed by atoms with Crippen LogP contribution in [0.4, 0.5) is 0 Å². The molecule has 0 radical (unpaired) electrons. The van der Waals surface area contributed by atoms with E-state index in [0.29, 0.717) is 43.8 Å². The summed E-state index contributed by atoms with van der Waals surface area (Å²) < 4.78 is 17.4. The summed E-state index contributed by atoms with van der Waals surface area (Å²) >= 11 is 15.5. The van der Waals surface area contributed by atoms with E-state index in [-0.39, 0.29) is 11.6 Å². The van der Waals surface area contributed by atoms with Crippen molar-refractivity contribution >= 4 is 57.1 Å². The highest BCUT2D eigenvalue weighted by Crippen LogP contribution is 2.38. The molecule has 0 saturated carbocycles. The van der Waals surface area contributed by atoms with E-state index in [0.717, 1.165) is 5.56 Å². The predicted molar refractivity (Wildman–Crippen MR) is 129 cm³/mol. The lowest BCUT2D eigenvalue weighted by atomic mass is 10.1. The second kappa shape index (κ2) is 9.77. The molecule has 0 N–H and O–H groups in total. The summed E-state index contributed by atoms with van der Waals surface area (Å²) in [4.78, 5) is 16.7. The first-order chi connectivity index (χ1) is 15.4. The van der Waals surface area contributed by atoms with Gasteiger partial charge in [-0.05, 0) is 63.5 Å². The van der Waals surface area contributed by atoms with Crippen LogP contribution in [0.3, 0.4) is 0 Å². The Morgan fingerprint density at radius 1 is 1.06 bits per heavy atom. The van der Waals surface area contributed by atoms with Crippen molar-refractivity contribution in [2.75, 3.05) is 7.11 Å². The monoisotopic (exact) mass is 531 g/mol. The van der Waals surface area contributed by atoms with Crippen molar-refractivity contribution in [2.45, 2.75) is 6.61 Å². The van der Waals surface area contributed by atoms with Crippen molar-refractivity contribution in [3.05, 3.63) is 97.6 Å². The van der Waals surface area contributed by atoms with Gasteiger partial charge < -0.3 is 14.2 Å². The largest absolute Gasteiger partial charge is 0.493 e. The molecule has 0 atom stereocenters. The Morgan fingerprint density at radius 2 is 1.84 bits per heavy atom. The van der Waals surface area contributed by atoms with E-state index < -0.39 is 5.97 Å². The Morgan fingerprint density at radius 3 is 2.56 bits per heavy atom. The second-order valence-electron chi connectivity index (χ2n) is 6.77. The molecule has 0 saturated heterocycles. The molecule has 8 heteroatoms. The third-order valence-electron chi connectivity index (χ3n) is 4.57. The number of carbonyl (C=O) groups excluding carboxylic acids is 1. The number of benzene rings is 3. The molecule has 3 aromatic rings. The van der Waals surface area contributed by atoms with Crippen LogP contribution in [-0.2, 0) is 16.1 Å². The van der Waals surface area contributed by atoms with Crippen LogP contribution in [0.25, 0.3) is 6.08 Å². The minimum absolute atomic E-state index is 0.151. The zero-order valence-electron chi connectivity index (χ0n) is 16.8. The fourth-order valence-electron chi connectivity index (χ4n) is 3.01. The average Bonchev–Trinajstić information content (AvgIpc) is 3.15. The highest BCUT2D eigenvalue weighted by atomic mass is 79.9. The van der Waals surface area contributed by atoms with E-state index in [1.165, 1.54) is 0 Å². The molecule has 1 aliphatic heterocycles. The van der Waals surface area contributed by atoms with Gasteiger partial charge in [0.1, 0.15) is 6.61 Å². The summed E-state index contributed by atoms with van der Waals surface area (Å²) in [5.74, 6) is 0.675. The average molecular weight is 533 g/mol. The highest BCUT2D eigenvalue weighted by molar-refractivity contribution is 9.10. The van der Waals surface area contributed by atoms with Crippen molar-refractivity contribution < 1.29 is 19.0 Å². The summed E-state index contributed by atoms with van der Waals surface area (Å²) in [5, 5.41) is 0.753. The summed E-state index contributed by atoms with van der Waals surface area (Å²) in [6, 6.07) is 18.3. The summed E-state index contributed by atoms with van der Waals surface area (Å²) in [5.41, 5.74) is 2.43. The van der Waals surface area contributed by atoms with E-state index in [1.807, 2.05) is 36.4 Å². The second-order valence-corrected chi connectivity index (χ2v) is 8.44. The maximum Gasteiger partial charge on any atom is 0.363 e. The maximum absolute atomic E-state index is 12.3. The van der Waals surface area contributed by atoms with Gasteiger partial charge >= 0.3 is 5.97 Å². The predicted octanol–water partition coefficient (Wildman–Crippen LogP) is 6.69. The molecule has 0 fully saturated rings. The third kappa shape index (κ3) is 4.99. The third-order valence-corrected chi connectivity index (χ3v) is 5.90. The van der Waals surface area contributed by atoms with Crippen molar-refractivity contribution in [3.63, 3.8) is 0 Å². The quantitative estimate of drug-likeness (QED) is 0.262. The van der Waals surface area contributed by atoms with E-state index in [2.05, 4.69) is 20.9 Å². The van der Waals surface area contributed by atoms with Crippen LogP contribution in [0.15, 0.2) is 75.8 Å². The van der Waals surface area contributed by atoms with E-state index >= 15 is 0 Å². The van der Waals surface area contributed by atoms with Gasteiger partial charge in [0.15, 0.2) is 17.2 Å². The molecule has 0 spiro atoms. The normalized spacial score (nSPS) is 14.3. The first kappa shape index (κ1) is 22.4. The molecule has 4 rings (SSSR count). The Labute approximate surface area is 203 Å². The van der Waals surface area contributed by atoms with Crippen molar-refractivity contribution in [1.29, 1.82) is 0 Å². The van der Waals surface area contributed by atoms with Gasteiger partial charge in [-0.15, -0.1) is 0 Å². The zero-order valence-corrected chi connectivity index (χ0v) is 19.9. The Bertz CT molecular complexity index is 1240. The van der Waals surface area contributed by atoms with Crippen LogP contribution in [0.5, 0.6) is 11.5 Å². The smallest absolute Gasteiger partial charge is 0.363 e. The van der Waals surface area contributed by atoms with E-state index in [9.17, 15) is 4.79 Å². The van der Waals surface area contributed by atoms with Crippen molar-refractivity contribution in [3.8, 4) is 11.5 Å². The topological polar surface area (TPSA) is 57.1 Å². The fraction of sp³-hybridized carbons (Fsp3) is 0.0833. The lowest BCUT2D eigenvalue weighted by Crippen LogP contribution is -2.05. The molecule has 0 amide bonds. The lowest BCUT2D eigenvalue weighted by Gasteiger charge is -2.13. The number of ether oxygens (including phenoxy) is 3. The molecule has 1 heterocycles. The number of nitrogens with zero attached hydrogens (tertiary/aromatic N) is 1. The maximum atomic E-state index is 12.3. The number of esters is 1. The van der Waals surface area contributed by atoms with Gasteiger partial charge in [0.2, 0.25) is 5.90 Å². The van der Waals surface area contributed by atoms with Gasteiger partial charge in [-0.1, -0.05) is 53.5 Å². The first-order valence-electron chi connectivity index (χ1n) is 9.47. The molecule has 32 heavy (non-hydrogen) atoms. The van der Waals surface area contributed by atoms with Gasteiger partial charge in [0.05, 0.1) is 21.6 Å². The SMILES string of the molecule is COc1cc(/C=C2\N=C(c3ccc(Cl)c(Cl)c3)OC2=O)cc(Br)c1OCc1ccccc1. The number of aliphatic imine (C=N–C) groups is 1. The molecule has 0 aromatic heterocycles. The van der Waals surface area contributed by atoms with Crippen LogP contribution in [-0.4, -0.2) is 19.0 Å². The first-order valence-corrected chi connectivity index (χ1v) is 11.0. The molecule has 162 valence electrons. The number of hydrogen-bond acceptors (Lipinski definition) is 5. The summed E-state index contributed by atoms with van der Waals surface area (Å²) in [6.07, 6.45) is 1.61. The molecule has 0 aliphatic carbocycles. The number of methoxy groups -OCH3 is 1. The van der Waals surface area contributed by atoms with Crippen molar-refractivity contribution in [1.82, 2.24) is 0 Å². The van der Waals surface area contributed by atoms with Gasteiger partial charge in [-0.3, -0.25) is 0 Å². The van der Waals surface area contributed by atoms with Crippen LogP contribution in [0.2, 0.25) is 10.0 Å². The lowest BCUT2D eigenvalue weighted by molar-refractivity contribution is -0.129. The van der Waals surface area contributed by atoms with Crippen LogP contribution < -0.4 is 9.47 Å². The number of carbonyl (C=O) groups is 1. The van der Waals surface area contributed by atoms with Gasteiger partial charge in [0.25, 0.3) is 0 Å². The highest BCUT2D eigenvalue weighted by Gasteiger charge is 2.25. The Kier molecular flexibility index (Phi) is 6.84. The molecule has 0 unspecified atom stereocenters. The van der Waals surface area contributed by atoms with E-state index in [4.69, 9.17) is 37.4 Å². The van der Waals surface area contributed by atoms with E-state index in [1.54, 1.807) is 37.5 Å². The Balaban J connectivity index is 1.60. The molecule has 0 bridgehead atoms. The number of halogens is 3. The number of rotatable bonds is 6. The number of cyclic esters (lactones) is 1. The van der Waals surface area contributed by atoms with Crippen molar-refractivity contribution in [2.24, 2.45) is 4.99 Å². The van der Waals surface area contributed by atoms with Crippen LogP contribution >= 0.6 is 39.1 Å². The number of hydrogen-bond donors (Lipinski definition) is 0. The molecular weight excluding hydrogens is 517 g/mol. The molecular formula is C24H16BrCl2NO4. The standard InChI is InChI=1S/C24H16BrCl2NO4/c1-30-21-11-15(9-17(25)22(21)31-13-14-5-3-2-4-6-14)10-20-24(29)32-23(28-20)16-7-8-18(26)19(27)12-16/h2-12H,13H2,1H3/b20-10-. The molecule has 1 aliphatic rings. The minimum atomic E-state index is -0.564. The van der Waals surface area contributed by atoms with Gasteiger partial charge in [0, 0.05) is 5.56 Å². The van der Waals surface area contributed by atoms with Gasteiger partial charge in [-0.2, -0.15) is 0 Å².